The Morgan fingerprint density at radius 1 is 1.26 bits per heavy atom. The van der Waals surface area contributed by atoms with Crippen LogP contribution in [0.2, 0.25) is 0 Å². The minimum absolute atomic E-state index is 0.127. The maximum absolute atomic E-state index is 12.3. The molecule has 4 fully saturated rings. The van der Waals surface area contributed by atoms with Crippen molar-refractivity contribution in [2.24, 2.45) is 17.8 Å². The van der Waals surface area contributed by atoms with E-state index in [1.165, 1.54) is 0 Å². The van der Waals surface area contributed by atoms with Crippen LogP contribution in [0.5, 0.6) is 0 Å². The first-order chi connectivity index (χ1) is 16.4. The molecule has 0 saturated heterocycles. The van der Waals surface area contributed by atoms with E-state index in [1.54, 1.807) is 12.5 Å². The number of fused-ring (bicyclic) bond motifs is 1. The standard InChI is InChI=1S/C22H27N7O5/c30-8-13(31)6-24-20(32)19-28-21(34-29-19)14-7-23-18-17(25-9-26-18)16(14)27-15-11-1-10-2-12(15)5-22(33,3-10)4-11/h7,9-13,15,30-31,33H,1-6,8H2,(H,24,32)(H2,23,25,26,27)/t10?,11-,12+,13-,15?,22?/m1/s1. The molecule has 4 aliphatic carbocycles. The number of pyridine rings is 1. The second-order valence-electron chi connectivity index (χ2n) is 9.98. The number of aromatic amines is 1. The summed E-state index contributed by atoms with van der Waals surface area (Å²) in [4.78, 5) is 28.4. The van der Waals surface area contributed by atoms with Crippen molar-refractivity contribution >= 4 is 22.8 Å². The van der Waals surface area contributed by atoms with E-state index in [0.717, 1.165) is 37.8 Å². The van der Waals surface area contributed by atoms with E-state index in [9.17, 15) is 15.0 Å². The Morgan fingerprint density at radius 2 is 2.06 bits per heavy atom. The number of hydrogen-bond donors (Lipinski definition) is 6. The van der Waals surface area contributed by atoms with Gasteiger partial charge in [-0.1, -0.05) is 5.16 Å². The van der Waals surface area contributed by atoms with Crippen LogP contribution in [0.4, 0.5) is 5.69 Å². The maximum atomic E-state index is 12.3. The van der Waals surface area contributed by atoms with Gasteiger partial charge in [0.15, 0.2) is 5.65 Å². The van der Waals surface area contributed by atoms with Crippen LogP contribution in [0.1, 0.15) is 42.7 Å². The van der Waals surface area contributed by atoms with Crippen LogP contribution in [-0.2, 0) is 0 Å². The molecule has 1 amide bonds. The number of carbonyl (C=O) groups excluding carboxylic acids is 1. The Balaban J connectivity index is 1.30. The molecule has 3 heterocycles. The van der Waals surface area contributed by atoms with Gasteiger partial charge >= 0.3 is 0 Å². The number of amides is 1. The summed E-state index contributed by atoms with van der Waals surface area (Å²) in [5, 5.41) is 39.2. The van der Waals surface area contributed by atoms with Crippen molar-refractivity contribution in [1.82, 2.24) is 30.4 Å². The van der Waals surface area contributed by atoms with E-state index in [1.807, 2.05) is 0 Å². The molecule has 4 bridgehead atoms. The molecule has 12 heteroatoms. The first kappa shape index (κ1) is 21.4. The van der Waals surface area contributed by atoms with Crippen molar-refractivity contribution in [2.45, 2.75) is 49.9 Å². The SMILES string of the molecule is O=C(NC[C@@H](O)CO)c1noc(-c2cnc3nc[nH]c3c2NC2[C@@H]3CC4C[C@H]2CC(O)(C4)C3)n1. The summed E-state index contributed by atoms with van der Waals surface area (Å²) in [6.45, 7) is -0.602. The maximum Gasteiger partial charge on any atom is 0.292 e. The van der Waals surface area contributed by atoms with Gasteiger partial charge in [-0.3, -0.25) is 4.79 Å². The molecule has 0 aliphatic heterocycles. The molecule has 6 N–H and O–H groups in total. The van der Waals surface area contributed by atoms with Gasteiger partial charge in [-0.25, -0.2) is 9.97 Å². The average molecular weight is 470 g/mol. The first-order valence-electron chi connectivity index (χ1n) is 11.6. The Labute approximate surface area is 194 Å². The monoisotopic (exact) mass is 469 g/mol. The molecule has 7 rings (SSSR count). The summed E-state index contributed by atoms with van der Waals surface area (Å²) >= 11 is 0. The van der Waals surface area contributed by atoms with Gasteiger partial charge in [0.2, 0.25) is 0 Å². The molecule has 4 saturated carbocycles. The first-order valence-corrected chi connectivity index (χ1v) is 11.6. The third-order valence-corrected chi connectivity index (χ3v) is 7.57. The Bertz CT molecular complexity index is 1210. The lowest BCUT2D eigenvalue weighted by atomic mass is 9.52. The summed E-state index contributed by atoms with van der Waals surface area (Å²) in [6, 6.07) is 0.190. The van der Waals surface area contributed by atoms with Crippen LogP contribution in [-0.4, -0.2) is 77.2 Å². The van der Waals surface area contributed by atoms with Gasteiger partial charge in [0.1, 0.15) is 5.52 Å². The number of hydrogen-bond acceptors (Lipinski definition) is 10. The van der Waals surface area contributed by atoms with Crippen LogP contribution < -0.4 is 10.6 Å². The fourth-order valence-corrected chi connectivity index (χ4v) is 6.37. The normalized spacial score (nSPS) is 30.6. The third-order valence-electron chi connectivity index (χ3n) is 7.57. The van der Waals surface area contributed by atoms with E-state index < -0.39 is 24.2 Å². The quantitative estimate of drug-likeness (QED) is 0.284. The second kappa shape index (κ2) is 8.00. The van der Waals surface area contributed by atoms with Crippen LogP contribution in [0, 0.1) is 17.8 Å². The van der Waals surface area contributed by atoms with E-state index in [4.69, 9.17) is 9.63 Å². The highest BCUT2D eigenvalue weighted by atomic mass is 16.5. The molecule has 3 aromatic rings. The van der Waals surface area contributed by atoms with Crippen molar-refractivity contribution in [3.8, 4) is 11.5 Å². The number of carbonyl (C=O) groups is 1. The van der Waals surface area contributed by atoms with E-state index in [-0.39, 0.29) is 24.3 Å². The lowest BCUT2D eigenvalue weighted by Gasteiger charge is -2.58. The van der Waals surface area contributed by atoms with Crippen LogP contribution in [0.15, 0.2) is 17.0 Å². The molecule has 3 unspecified atom stereocenters. The number of aromatic nitrogens is 5. The van der Waals surface area contributed by atoms with Crippen LogP contribution in [0.3, 0.4) is 0 Å². The lowest BCUT2D eigenvalue weighted by Crippen LogP contribution is -2.59. The summed E-state index contributed by atoms with van der Waals surface area (Å²) in [5.74, 6) is 0.650. The number of anilines is 1. The van der Waals surface area contributed by atoms with Gasteiger partial charge in [-0.15, -0.1) is 0 Å². The number of aliphatic hydroxyl groups excluding tert-OH is 2. The molecule has 12 nitrogen and oxygen atoms in total. The van der Waals surface area contributed by atoms with Gasteiger partial charge in [0.25, 0.3) is 17.6 Å². The number of aliphatic hydroxyl groups is 3. The van der Waals surface area contributed by atoms with Crippen molar-refractivity contribution in [3.05, 3.63) is 18.3 Å². The zero-order valence-corrected chi connectivity index (χ0v) is 18.4. The molecular weight excluding hydrogens is 442 g/mol. The average Bonchev–Trinajstić information content (AvgIpc) is 3.48. The fraction of sp³-hybridized carbons (Fsp3) is 0.591. The molecule has 0 spiro atoms. The lowest BCUT2D eigenvalue weighted by molar-refractivity contribution is -0.129. The smallest absolute Gasteiger partial charge is 0.292 e. The largest absolute Gasteiger partial charge is 0.394 e. The second-order valence-corrected chi connectivity index (χ2v) is 9.98. The van der Waals surface area contributed by atoms with E-state index >= 15 is 0 Å². The summed E-state index contributed by atoms with van der Waals surface area (Å²) in [7, 11) is 0. The Hall–Kier alpha value is -3.09. The van der Waals surface area contributed by atoms with E-state index in [0.29, 0.717) is 34.5 Å². The highest BCUT2D eigenvalue weighted by Gasteiger charge is 2.54. The van der Waals surface area contributed by atoms with Crippen molar-refractivity contribution in [1.29, 1.82) is 0 Å². The zero-order chi connectivity index (χ0) is 23.4. The van der Waals surface area contributed by atoms with Crippen molar-refractivity contribution in [3.63, 3.8) is 0 Å². The molecule has 6 atom stereocenters. The number of rotatable bonds is 7. The number of nitrogens with zero attached hydrogens (tertiary/aromatic N) is 4. The molecule has 0 aromatic carbocycles. The predicted octanol–water partition coefficient (Wildman–Crippen LogP) is 0.442. The molecule has 0 radical (unpaired) electrons. The van der Waals surface area contributed by atoms with Crippen LogP contribution in [0.25, 0.3) is 22.6 Å². The van der Waals surface area contributed by atoms with Gasteiger partial charge in [0, 0.05) is 18.8 Å². The van der Waals surface area contributed by atoms with Gasteiger partial charge in [-0.05, 0) is 49.9 Å². The molecule has 180 valence electrons. The summed E-state index contributed by atoms with van der Waals surface area (Å²) in [6.07, 6.45) is 6.83. The Kier molecular flexibility index (Phi) is 5.04. The third kappa shape index (κ3) is 3.62. The summed E-state index contributed by atoms with van der Waals surface area (Å²) < 4.78 is 5.41. The fourth-order valence-electron chi connectivity index (χ4n) is 6.37. The summed E-state index contributed by atoms with van der Waals surface area (Å²) in [5.41, 5.74) is 2.01. The van der Waals surface area contributed by atoms with Crippen molar-refractivity contribution < 1.29 is 24.6 Å². The Morgan fingerprint density at radius 3 is 2.79 bits per heavy atom. The molecule has 4 aliphatic rings. The minimum atomic E-state index is -1.07. The highest BCUT2D eigenvalue weighted by Crippen LogP contribution is 2.56. The number of nitrogens with one attached hydrogen (secondary N) is 3. The molecule has 3 aromatic heterocycles. The molecule has 34 heavy (non-hydrogen) atoms. The van der Waals surface area contributed by atoms with Gasteiger partial charge in [0.05, 0.1) is 35.9 Å². The number of imidazole rings is 1. The zero-order valence-electron chi connectivity index (χ0n) is 18.4. The minimum Gasteiger partial charge on any atom is -0.394 e. The molecular formula is C22H27N7O5. The van der Waals surface area contributed by atoms with Crippen LogP contribution >= 0.6 is 0 Å². The predicted molar refractivity (Wildman–Crippen MR) is 119 cm³/mol. The van der Waals surface area contributed by atoms with Gasteiger partial charge < -0.3 is 35.5 Å². The van der Waals surface area contributed by atoms with Gasteiger partial charge in [-0.2, -0.15) is 4.98 Å². The number of H-pyrrole nitrogens is 1. The van der Waals surface area contributed by atoms with Crippen molar-refractivity contribution in [2.75, 3.05) is 18.5 Å². The topological polar surface area (TPSA) is 182 Å². The highest BCUT2D eigenvalue weighted by molar-refractivity contribution is 5.95. The van der Waals surface area contributed by atoms with E-state index in [2.05, 4.69) is 35.7 Å².